The van der Waals surface area contributed by atoms with E-state index < -0.39 is 0 Å². The first-order chi connectivity index (χ1) is 4.66. The summed E-state index contributed by atoms with van der Waals surface area (Å²) in [5, 5.41) is 2.60. The highest BCUT2D eigenvalue weighted by molar-refractivity contribution is 5.73. The highest BCUT2D eigenvalue weighted by Crippen LogP contribution is 1.66. The molecule has 10 heavy (non-hydrogen) atoms. The van der Waals surface area contributed by atoms with Crippen molar-refractivity contribution in [1.29, 1.82) is 0 Å². The van der Waals surface area contributed by atoms with Crippen LogP contribution in [0.25, 0.3) is 0 Å². The van der Waals surface area contributed by atoms with Gasteiger partial charge in [-0.25, -0.2) is 10.2 Å². The van der Waals surface area contributed by atoms with Crippen LogP contribution in [-0.4, -0.2) is 38.7 Å². The number of nitrogens with zero attached hydrogens (tertiary/aromatic N) is 1. The van der Waals surface area contributed by atoms with E-state index in [1.54, 1.807) is 7.05 Å². The number of hydrogen-bond donors (Lipinski definition) is 3. The zero-order chi connectivity index (χ0) is 7.98. The topological polar surface area (TPSA) is 56.4 Å². The monoisotopic (exact) mass is 146 g/mol. The Kier molecular flexibility index (Phi) is 4.61. The number of carbonyl (C=O) groups excluding carboxylic acids is 1. The van der Waals surface area contributed by atoms with Gasteiger partial charge in [-0.15, -0.1) is 0 Å². The Balaban J connectivity index is 3.22. The summed E-state index contributed by atoms with van der Waals surface area (Å²) in [6.07, 6.45) is 0. The molecular weight excluding hydrogens is 132 g/mol. The van der Waals surface area contributed by atoms with E-state index in [2.05, 4.69) is 16.2 Å². The average molecular weight is 146 g/mol. The number of hydrazine groups is 1. The van der Waals surface area contributed by atoms with Crippen LogP contribution in [0.1, 0.15) is 0 Å². The van der Waals surface area contributed by atoms with Crippen LogP contribution >= 0.6 is 0 Å². The van der Waals surface area contributed by atoms with Crippen LogP contribution in [0, 0.1) is 0 Å². The molecule has 0 heterocycles. The fourth-order valence-electron chi connectivity index (χ4n) is 0.388. The fourth-order valence-corrected chi connectivity index (χ4v) is 0.388. The Morgan fingerprint density at radius 1 is 1.50 bits per heavy atom. The Bertz CT molecular complexity index is 104. The molecule has 0 fully saturated rings. The van der Waals surface area contributed by atoms with Crippen molar-refractivity contribution in [1.82, 2.24) is 21.1 Å². The van der Waals surface area contributed by atoms with E-state index in [0.717, 1.165) is 0 Å². The van der Waals surface area contributed by atoms with Gasteiger partial charge in [-0.05, 0) is 14.1 Å². The molecule has 0 aliphatic heterocycles. The highest BCUT2D eigenvalue weighted by Gasteiger charge is 1.95. The molecule has 0 radical (unpaired) electrons. The van der Waals surface area contributed by atoms with Gasteiger partial charge >= 0.3 is 6.03 Å². The molecule has 0 saturated carbocycles. The Labute approximate surface area is 60.7 Å². The molecule has 2 amide bonds. The molecule has 0 atom stereocenters. The highest BCUT2D eigenvalue weighted by atomic mass is 16.2. The molecule has 5 nitrogen and oxygen atoms in total. The summed E-state index contributed by atoms with van der Waals surface area (Å²) in [6, 6.07) is -0.226. The summed E-state index contributed by atoms with van der Waals surface area (Å²) in [4.78, 5) is 12.5. The molecule has 0 spiro atoms. The lowest BCUT2D eigenvalue weighted by Crippen LogP contribution is -2.45. The first-order valence-electron chi connectivity index (χ1n) is 3.02. The van der Waals surface area contributed by atoms with Crippen LogP contribution in [-0.2, 0) is 0 Å². The lowest BCUT2D eigenvalue weighted by atomic mass is 10.8. The average Bonchev–Trinajstić information content (AvgIpc) is 1.85. The van der Waals surface area contributed by atoms with Gasteiger partial charge in [0.15, 0.2) is 0 Å². The largest absolute Gasteiger partial charge is 0.330 e. The molecule has 0 unspecified atom stereocenters. The molecule has 5 heteroatoms. The van der Waals surface area contributed by atoms with Gasteiger partial charge in [-0.3, -0.25) is 10.3 Å². The van der Waals surface area contributed by atoms with Crippen molar-refractivity contribution in [3.8, 4) is 0 Å². The normalized spacial score (nSPS) is 9.60. The Morgan fingerprint density at radius 3 is 2.50 bits per heavy atom. The second-order valence-electron chi connectivity index (χ2n) is 2.12. The maximum Gasteiger partial charge on any atom is 0.330 e. The number of urea groups is 1. The predicted molar refractivity (Wildman–Crippen MR) is 39.3 cm³/mol. The number of amides is 2. The third-order valence-electron chi connectivity index (χ3n) is 0.794. The van der Waals surface area contributed by atoms with Crippen LogP contribution < -0.4 is 16.2 Å². The van der Waals surface area contributed by atoms with Crippen molar-refractivity contribution in [3.63, 3.8) is 0 Å². The third-order valence-corrected chi connectivity index (χ3v) is 0.794. The second-order valence-corrected chi connectivity index (χ2v) is 2.12. The Morgan fingerprint density at radius 2 is 2.10 bits per heavy atom. The summed E-state index contributed by atoms with van der Waals surface area (Å²) in [7, 11) is 5.38. The van der Waals surface area contributed by atoms with E-state index in [1.807, 2.05) is 19.0 Å². The van der Waals surface area contributed by atoms with Gasteiger partial charge in [0.1, 0.15) is 0 Å². The second kappa shape index (κ2) is 5.01. The van der Waals surface area contributed by atoms with Gasteiger partial charge < -0.3 is 5.32 Å². The molecule has 0 aromatic rings. The predicted octanol–water partition coefficient (Wildman–Crippen LogP) is -1.06. The van der Waals surface area contributed by atoms with Crippen LogP contribution in [0.5, 0.6) is 0 Å². The molecule has 0 aromatic heterocycles. The lowest BCUT2D eigenvalue weighted by molar-refractivity contribution is 0.231. The minimum absolute atomic E-state index is 0.226. The summed E-state index contributed by atoms with van der Waals surface area (Å²) in [5.41, 5.74) is 4.88. The van der Waals surface area contributed by atoms with Gasteiger partial charge in [-0.1, -0.05) is 0 Å². The zero-order valence-corrected chi connectivity index (χ0v) is 6.56. The number of hydrogen-bond acceptors (Lipinski definition) is 3. The van der Waals surface area contributed by atoms with Crippen LogP contribution in [0.15, 0.2) is 0 Å². The minimum Gasteiger partial charge on any atom is -0.324 e. The third kappa shape index (κ3) is 5.33. The van der Waals surface area contributed by atoms with Crippen molar-refractivity contribution in [2.75, 3.05) is 27.8 Å². The standard InChI is InChI=1S/C5H14N4O/c1-6-8-5(10)7-4-9(2)3/h6H,4H2,1-3H3,(H2,7,8,10). The van der Waals surface area contributed by atoms with Gasteiger partial charge in [0.05, 0.1) is 6.67 Å². The molecule has 0 aliphatic carbocycles. The van der Waals surface area contributed by atoms with Crippen molar-refractivity contribution in [2.24, 2.45) is 0 Å². The zero-order valence-electron chi connectivity index (χ0n) is 6.56. The van der Waals surface area contributed by atoms with Crippen LogP contribution in [0.2, 0.25) is 0 Å². The van der Waals surface area contributed by atoms with Gasteiger partial charge in [-0.2, -0.15) is 0 Å². The summed E-state index contributed by atoms with van der Waals surface area (Å²) >= 11 is 0. The van der Waals surface area contributed by atoms with Crippen molar-refractivity contribution < 1.29 is 4.79 Å². The lowest BCUT2D eigenvalue weighted by Gasteiger charge is -2.10. The van der Waals surface area contributed by atoms with Crippen molar-refractivity contribution in [2.45, 2.75) is 0 Å². The molecule has 0 bridgehead atoms. The molecule has 3 N–H and O–H groups in total. The first kappa shape index (κ1) is 9.19. The molecule has 0 aromatic carbocycles. The first-order valence-corrected chi connectivity index (χ1v) is 3.02. The number of rotatable bonds is 3. The van der Waals surface area contributed by atoms with Crippen LogP contribution in [0.4, 0.5) is 4.79 Å². The molecular formula is C5H14N4O. The number of nitrogens with one attached hydrogen (secondary N) is 3. The van der Waals surface area contributed by atoms with E-state index in [-0.39, 0.29) is 6.03 Å². The molecule has 0 rings (SSSR count). The molecule has 60 valence electrons. The van der Waals surface area contributed by atoms with E-state index in [9.17, 15) is 4.79 Å². The fraction of sp³-hybridized carbons (Fsp3) is 0.800. The van der Waals surface area contributed by atoms with Crippen LogP contribution in [0.3, 0.4) is 0 Å². The summed E-state index contributed by atoms with van der Waals surface area (Å²) in [6.45, 7) is 0.535. The molecule has 0 aliphatic rings. The maximum atomic E-state index is 10.6. The number of carbonyl (C=O) groups is 1. The Hall–Kier alpha value is -0.810. The van der Waals surface area contributed by atoms with E-state index in [1.165, 1.54) is 0 Å². The molecule has 0 saturated heterocycles. The van der Waals surface area contributed by atoms with E-state index >= 15 is 0 Å². The smallest absolute Gasteiger partial charge is 0.324 e. The quantitative estimate of drug-likeness (QED) is 0.351. The maximum absolute atomic E-state index is 10.6. The van der Waals surface area contributed by atoms with Crippen molar-refractivity contribution >= 4 is 6.03 Å². The SMILES string of the molecule is CNNC(=O)NCN(C)C. The van der Waals surface area contributed by atoms with E-state index in [0.29, 0.717) is 6.67 Å². The van der Waals surface area contributed by atoms with Gasteiger partial charge in [0.25, 0.3) is 0 Å². The minimum atomic E-state index is -0.226. The summed E-state index contributed by atoms with van der Waals surface area (Å²) in [5.74, 6) is 0. The van der Waals surface area contributed by atoms with Gasteiger partial charge in [0, 0.05) is 7.05 Å². The van der Waals surface area contributed by atoms with Crippen molar-refractivity contribution in [3.05, 3.63) is 0 Å². The van der Waals surface area contributed by atoms with Gasteiger partial charge in [0.2, 0.25) is 0 Å². The summed E-state index contributed by atoms with van der Waals surface area (Å²) < 4.78 is 0. The van der Waals surface area contributed by atoms with E-state index in [4.69, 9.17) is 0 Å².